The van der Waals surface area contributed by atoms with E-state index in [-0.39, 0.29) is 11.9 Å². The number of aryl methyl sites for hydroxylation is 1. The number of piperidine rings is 1. The van der Waals surface area contributed by atoms with E-state index < -0.39 is 0 Å². The van der Waals surface area contributed by atoms with Crippen LogP contribution in [0.2, 0.25) is 0 Å². The fraction of sp³-hybridized carbons (Fsp3) is 0.692. The zero-order valence-electron chi connectivity index (χ0n) is 11.1. The molecule has 1 aliphatic heterocycles. The second-order valence-corrected chi connectivity index (χ2v) is 5.15. The molecule has 0 spiro atoms. The molecule has 2 rings (SSSR count). The lowest BCUT2D eigenvalue weighted by atomic mass is 9.89. The lowest BCUT2D eigenvalue weighted by molar-refractivity contribution is -0.122. The highest BCUT2D eigenvalue weighted by Crippen LogP contribution is 2.16. The van der Waals surface area contributed by atoms with Crippen molar-refractivity contribution in [3.8, 4) is 0 Å². The van der Waals surface area contributed by atoms with Gasteiger partial charge in [-0.2, -0.15) is 0 Å². The molecule has 0 aliphatic carbocycles. The maximum Gasteiger partial charge on any atom is 0.222 e. The van der Waals surface area contributed by atoms with Crippen molar-refractivity contribution in [3.05, 3.63) is 18.7 Å². The molecule has 1 fully saturated rings. The Morgan fingerprint density at radius 1 is 1.56 bits per heavy atom. The molecule has 0 aromatic carbocycles. The van der Waals surface area contributed by atoms with Crippen LogP contribution in [0.4, 0.5) is 0 Å². The number of nitrogens with zero attached hydrogens (tertiary/aromatic N) is 2. The molecule has 0 radical (unpaired) electrons. The molecule has 3 unspecified atom stereocenters. The number of rotatable bonds is 4. The predicted octanol–water partition coefficient (Wildman–Crippen LogP) is 0.776. The van der Waals surface area contributed by atoms with Crippen LogP contribution in [-0.4, -0.2) is 34.1 Å². The maximum atomic E-state index is 11.9. The highest BCUT2D eigenvalue weighted by Gasteiger charge is 2.28. The first kappa shape index (κ1) is 13.1. The number of nitrogens with one attached hydrogen (secondary N) is 2. The molecule has 0 saturated carbocycles. The van der Waals surface area contributed by atoms with Gasteiger partial charge in [0, 0.05) is 37.4 Å². The highest BCUT2D eigenvalue weighted by atomic mass is 16.1. The van der Waals surface area contributed by atoms with Crippen molar-refractivity contribution >= 4 is 5.91 Å². The molecule has 1 amide bonds. The zero-order valence-corrected chi connectivity index (χ0v) is 11.1. The summed E-state index contributed by atoms with van der Waals surface area (Å²) >= 11 is 0. The van der Waals surface area contributed by atoms with E-state index in [1.54, 1.807) is 12.5 Å². The second kappa shape index (κ2) is 6.00. The average Bonchev–Trinajstić information content (AvgIpc) is 2.84. The van der Waals surface area contributed by atoms with Crippen LogP contribution in [0.25, 0.3) is 0 Å². The quantitative estimate of drug-likeness (QED) is 0.830. The van der Waals surface area contributed by atoms with E-state index >= 15 is 0 Å². The van der Waals surface area contributed by atoms with Gasteiger partial charge in [-0.25, -0.2) is 4.98 Å². The van der Waals surface area contributed by atoms with Gasteiger partial charge >= 0.3 is 0 Å². The summed E-state index contributed by atoms with van der Waals surface area (Å²) in [4.78, 5) is 15.9. The van der Waals surface area contributed by atoms with Crippen LogP contribution < -0.4 is 10.6 Å². The molecule has 5 nitrogen and oxygen atoms in total. The molecule has 18 heavy (non-hydrogen) atoms. The zero-order chi connectivity index (χ0) is 13.0. The molecule has 1 saturated heterocycles. The molecule has 1 aliphatic rings. The van der Waals surface area contributed by atoms with Crippen molar-refractivity contribution in [2.45, 2.75) is 45.3 Å². The fourth-order valence-electron chi connectivity index (χ4n) is 2.51. The molecule has 2 heterocycles. The monoisotopic (exact) mass is 250 g/mol. The summed E-state index contributed by atoms with van der Waals surface area (Å²) in [5.41, 5.74) is 0. The number of hydrogen-bond acceptors (Lipinski definition) is 3. The Balaban J connectivity index is 1.79. The minimum absolute atomic E-state index is 0.121. The fourth-order valence-corrected chi connectivity index (χ4v) is 2.51. The third-order valence-corrected chi connectivity index (χ3v) is 3.70. The Hall–Kier alpha value is -1.36. The van der Waals surface area contributed by atoms with Crippen LogP contribution in [-0.2, 0) is 11.3 Å². The van der Waals surface area contributed by atoms with Gasteiger partial charge in [-0.15, -0.1) is 0 Å². The molecule has 100 valence electrons. The predicted molar refractivity (Wildman–Crippen MR) is 70.0 cm³/mol. The van der Waals surface area contributed by atoms with E-state index in [9.17, 15) is 4.79 Å². The first-order chi connectivity index (χ1) is 8.66. The van der Waals surface area contributed by atoms with E-state index in [0.717, 1.165) is 13.0 Å². The number of carbonyl (C=O) groups is 1. The van der Waals surface area contributed by atoms with Gasteiger partial charge in [0.25, 0.3) is 0 Å². The van der Waals surface area contributed by atoms with E-state index in [4.69, 9.17) is 0 Å². The van der Waals surface area contributed by atoms with Crippen molar-refractivity contribution in [3.63, 3.8) is 0 Å². The van der Waals surface area contributed by atoms with E-state index in [2.05, 4.69) is 29.5 Å². The van der Waals surface area contributed by atoms with E-state index in [0.29, 0.717) is 24.9 Å². The van der Waals surface area contributed by atoms with Gasteiger partial charge in [-0.3, -0.25) is 4.79 Å². The minimum Gasteiger partial charge on any atom is -0.351 e. The van der Waals surface area contributed by atoms with Crippen molar-refractivity contribution in [2.24, 2.45) is 5.92 Å². The van der Waals surface area contributed by atoms with Gasteiger partial charge in [0.1, 0.15) is 0 Å². The Morgan fingerprint density at radius 2 is 2.39 bits per heavy atom. The molecule has 3 atom stereocenters. The highest BCUT2D eigenvalue weighted by molar-refractivity contribution is 5.76. The van der Waals surface area contributed by atoms with Gasteiger partial charge in [0.15, 0.2) is 0 Å². The summed E-state index contributed by atoms with van der Waals surface area (Å²) < 4.78 is 1.92. The summed E-state index contributed by atoms with van der Waals surface area (Å²) in [5.74, 6) is 0.662. The van der Waals surface area contributed by atoms with Crippen LogP contribution >= 0.6 is 0 Å². The largest absolute Gasteiger partial charge is 0.351 e. The summed E-state index contributed by atoms with van der Waals surface area (Å²) in [6, 6.07) is 0.597. The van der Waals surface area contributed by atoms with Gasteiger partial charge in [0.05, 0.1) is 6.33 Å². The summed E-state index contributed by atoms with van der Waals surface area (Å²) in [5, 5.41) is 6.55. The SMILES string of the molecule is CC1CCNC(C)C1NC(=O)CCn1ccnc1. The first-order valence-electron chi connectivity index (χ1n) is 6.65. The second-order valence-electron chi connectivity index (χ2n) is 5.15. The molecule has 2 N–H and O–H groups in total. The number of aromatic nitrogens is 2. The lowest BCUT2D eigenvalue weighted by Crippen LogP contribution is -2.55. The van der Waals surface area contributed by atoms with Crippen molar-refractivity contribution < 1.29 is 4.79 Å². The summed E-state index contributed by atoms with van der Waals surface area (Å²) in [6.45, 7) is 6.08. The molecule has 0 bridgehead atoms. The smallest absolute Gasteiger partial charge is 0.222 e. The van der Waals surface area contributed by atoms with E-state index in [1.165, 1.54) is 0 Å². The van der Waals surface area contributed by atoms with Crippen molar-refractivity contribution in [1.29, 1.82) is 0 Å². The van der Waals surface area contributed by atoms with E-state index in [1.807, 2.05) is 10.8 Å². The molecule has 1 aromatic heterocycles. The summed E-state index contributed by atoms with van der Waals surface area (Å²) in [7, 11) is 0. The Bertz CT molecular complexity index is 366. The standard InChI is InChI=1S/C13H22N4O/c1-10-3-5-15-11(2)13(10)16-12(18)4-7-17-8-6-14-9-17/h6,8-11,13,15H,3-5,7H2,1-2H3,(H,16,18). The van der Waals surface area contributed by atoms with Gasteiger partial charge in [-0.05, 0) is 25.8 Å². The molecular weight excluding hydrogens is 228 g/mol. The van der Waals surface area contributed by atoms with Gasteiger partial charge in [-0.1, -0.05) is 6.92 Å². The van der Waals surface area contributed by atoms with Crippen LogP contribution in [0.5, 0.6) is 0 Å². The van der Waals surface area contributed by atoms with Crippen LogP contribution in [0.15, 0.2) is 18.7 Å². The number of imidazole rings is 1. The maximum absolute atomic E-state index is 11.9. The van der Waals surface area contributed by atoms with Crippen LogP contribution in [0, 0.1) is 5.92 Å². The van der Waals surface area contributed by atoms with Crippen LogP contribution in [0.1, 0.15) is 26.7 Å². The van der Waals surface area contributed by atoms with Gasteiger partial charge < -0.3 is 15.2 Å². The first-order valence-corrected chi connectivity index (χ1v) is 6.65. The number of carbonyl (C=O) groups excluding carboxylic acids is 1. The Kier molecular flexibility index (Phi) is 4.36. The average molecular weight is 250 g/mol. The topological polar surface area (TPSA) is 58.9 Å². The third kappa shape index (κ3) is 3.32. The minimum atomic E-state index is 0.121. The van der Waals surface area contributed by atoms with Crippen LogP contribution in [0.3, 0.4) is 0 Å². The van der Waals surface area contributed by atoms with Gasteiger partial charge in [0.2, 0.25) is 5.91 Å². The normalized spacial score (nSPS) is 28.0. The third-order valence-electron chi connectivity index (χ3n) is 3.70. The Labute approximate surface area is 108 Å². The van der Waals surface area contributed by atoms with Crippen molar-refractivity contribution in [1.82, 2.24) is 20.2 Å². The number of amides is 1. The van der Waals surface area contributed by atoms with Crippen molar-refractivity contribution in [2.75, 3.05) is 6.54 Å². The molecular formula is C13H22N4O. The molecule has 5 heteroatoms. The molecule has 1 aromatic rings. The number of hydrogen-bond donors (Lipinski definition) is 2. The summed E-state index contributed by atoms with van der Waals surface area (Å²) in [6.07, 6.45) is 6.97. The lowest BCUT2D eigenvalue weighted by Gasteiger charge is -2.36. The Morgan fingerprint density at radius 3 is 3.06 bits per heavy atom.